The van der Waals surface area contributed by atoms with Gasteiger partial charge in [0.25, 0.3) is 0 Å². The van der Waals surface area contributed by atoms with Crippen LogP contribution in [0.3, 0.4) is 0 Å². The third-order valence-electron chi connectivity index (χ3n) is 3.88. The van der Waals surface area contributed by atoms with Crippen LogP contribution in [-0.2, 0) is 4.79 Å². The van der Waals surface area contributed by atoms with Gasteiger partial charge in [-0.3, -0.25) is 4.79 Å². The highest BCUT2D eigenvalue weighted by Crippen LogP contribution is 2.43. The Hall–Kier alpha value is -0.570. The smallest absolute Gasteiger partial charge is 0.219 e. The first-order valence-corrected chi connectivity index (χ1v) is 5.77. The van der Waals surface area contributed by atoms with Gasteiger partial charge in [-0.1, -0.05) is 13.3 Å². The van der Waals surface area contributed by atoms with Crippen molar-refractivity contribution in [2.75, 3.05) is 13.1 Å². The predicted molar refractivity (Wildman–Crippen MR) is 56.0 cm³/mol. The molecule has 1 aliphatic carbocycles. The lowest BCUT2D eigenvalue weighted by molar-refractivity contribution is -0.121. The van der Waals surface area contributed by atoms with Crippen molar-refractivity contribution in [2.45, 2.75) is 45.1 Å². The van der Waals surface area contributed by atoms with Gasteiger partial charge in [0.05, 0.1) is 0 Å². The number of carbonyl (C=O) groups is 1. The van der Waals surface area contributed by atoms with Gasteiger partial charge in [0.15, 0.2) is 0 Å². The number of hydrogen-bond donors (Lipinski definition) is 2. The molecule has 14 heavy (non-hydrogen) atoms. The molecule has 3 nitrogen and oxygen atoms in total. The standard InChI is InChI=1S/C11H20N2O/c1-2-10(14)13-8-11-5-3-4-9(11)12-7-6-11/h9,12H,2-8H2,1H3,(H,13,14)/t9-,11-/m1/s1. The Morgan fingerprint density at radius 1 is 1.57 bits per heavy atom. The van der Waals surface area contributed by atoms with E-state index < -0.39 is 0 Å². The lowest BCUT2D eigenvalue weighted by atomic mass is 9.82. The van der Waals surface area contributed by atoms with Crippen LogP contribution in [0.15, 0.2) is 0 Å². The van der Waals surface area contributed by atoms with E-state index in [1.165, 1.54) is 25.7 Å². The Bertz CT molecular complexity index is 217. The highest BCUT2D eigenvalue weighted by atomic mass is 16.1. The van der Waals surface area contributed by atoms with Crippen molar-refractivity contribution < 1.29 is 4.79 Å². The average Bonchev–Trinajstić information content (AvgIpc) is 2.72. The molecule has 2 aliphatic rings. The van der Waals surface area contributed by atoms with Gasteiger partial charge < -0.3 is 10.6 Å². The third-order valence-corrected chi connectivity index (χ3v) is 3.88. The molecular formula is C11H20N2O. The zero-order chi connectivity index (χ0) is 10.0. The SMILES string of the molecule is CCC(=O)NC[C@]12CCC[C@H]1NCC2. The van der Waals surface area contributed by atoms with E-state index in [-0.39, 0.29) is 5.91 Å². The molecule has 2 rings (SSSR count). The first kappa shape index (κ1) is 9.97. The van der Waals surface area contributed by atoms with Gasteiger partial charge in [-0.05, 0) is 25.8 Å². The van der Waals surface area contributed by atoms with E-state index in [0.29, 0.717) is 17.9 Å². The van der Waals surface area contributed by atoms with E-state index in [1.807, 2.05) is 6.92 Å². The van der Waals surface area contributed by atoms with Gasteiger partial charge in [0.2, 0.25) is 5.91 Å². The van der Waals surface area contributed by atoms with Gasteiger partial charge in [-0.15, -0.1) is 0 Å². The maximum absolute atomic E-state index is 11.2. The van der Waals surface area contributed by atoms with Gasteiger partial charge in [0, 0.05) is 24.4 Å². The number of fused-ring (bicyclic) bond motifs is 1. The molecule has 0 aromatic heterocycles. The largest absolute Gasteiger partial charge is 0.355 e. The van der Waals surface area contributed by atoms with Crippen molar-refractivity contribution in [1.82, 2.24) is 10.6 Å². The van der Waals surface area contributed by atoms with E-state index in [9.17, 15) is 4.79 Å². The van der Waals surface area contributed by atoms with Crippen molar-refractivity contribution in [3.8, 4) is 0 Å². The van der Waals surface area contributed by atoms with Crippen molar-refractivity contribution in [3.63, 3.8) is 0 Å². The predicted octanol–water partition coefficient (Wildman–Crippen LogP) is 1.04. The molecule has 0 spiro atoms. The molecule has 2 N–H and O–H groups in total. The summed E-state index contributed by atoms with van der Waals surface area (Å²) in [4.78, 5) is 11.2. The van der Waals surface area contributed by atoms with Gasteiger partial charge in [-0.2, -0.15) is 0 Å². The van der Waals surface area contributed by atoms with Crippen molar-refractivity contribution in [2.24, 2.45) is 5.41 Å². The highest BCUT2D eigenvalue weighted by molar-refractivity contribution is 5.75. The molecule has 1 saturated carbocycles. The zero-order valence-corrected chi connectivity index (χ0v) is 8.94. The lowest BCUT2D eigenvalue weighted by Gasteiger charge is -2.28. The van der Waals surface area contributed by atoms with Gasteiger partial charge in [-0.25, -0.2) is 0 Å². The minimum atomic E-state index is 0.192. The Labute approximate surface area is 85.6 Å². The van der Waals surface area contributed by atoms with Crippen molar-refractivity contribution in [3.05, 3.63) is 0 Å². The lowest BCUT2D eigenvalue weighted by Crippen LogP contribution is -2.41. The molecule has 2 atom stereocenters. The Morgan fingerprint density at radius 2 is 2.43 bits per heavy atom. The van der Waals surface area contributed by atoms with Crippen molar-refractivity contribution in [1.29, 1.82) is 0 Å². The Morgan fingerprint density at radius 3 is 3.21 bits per heavy atom. The van der Waals surface area contributed by atoms with Crippen LogP contribution in [0.2, 0.25) is 0 Å². The molecule has 1 saturated heterocycles. The molecule has 3 heteroatoms. The normalized spacial score (nSPS) is 35.6. The van der Waals surface area contributed by atoms with E-state index in [0.717, 1.165) is 13.1 Å². The number of carbonyl (C=O) groups excluding carboxylic acids is 1. The van der Waals surface area contributed by atoms with E-state index in [1.54, 1.807) is 0 Å². The fraction of sp³-hybridized carbons (Fsp3) is 0.909. The first-order chi connectivity index (χ1) is 6.77. The third kappa shape index (κ3) is 1.65. The second kappa shape index (κ2) is 3.89. The highest BCUT2D eigenvalue weighted by Gasteiger charge is 2.45. The molecule has 1 aliphatic heterocycles. The Kier molecular flexibility index (Phi) is 2.77. The van der Waals surface area contributed by atoms with E-state index >= 15 is 0 Å². The number of amides is 1. The number of rotatable bonds is 3. The molecule has 1 amide bonds. The fourth-order valence-electron chi connectivity index (χ4n) is 2.95. The fourth-order valence-corrected chi connectivity index (χ4v) is 2.95. The van der Waals surface area contributed by atoms with E-state index in [4.69, 9.17) is 0 Å². The van der Waals surface area contributed by atoms with Gasteiger partial charge in [0.1, 0.15) is 0 Å². The van der Waals surface area contributed by atoms with Crippen LogP contribution in [-0.4, -0.2) is 25.0 Å². The monoisotopic (exact) mass is 196 g/mol. The summed E-state index contributed by atoms with van der Waals surface area (Å²) in [6, 6.07) is 0.666. The summed E-state index contributed by atoms with van der Waals surface area (Å²) in [5, 5.41) is 6.61. The summed E-state index contributed by atoms with van der Waals surface area (Å²) in [7, 11) is 0. The summed E-state index contributed by atoms with van der Waals surface area (Å²) in [5.41, 5.74) is 0.394. The minimum absolute atomic E-state index is 0.192. The minimum Gasteiger partial charge on any atom is -0.355 e. The summed E-state index contributed by atoms with van der Waals surface area (Å²) in [6.45, 7) is 3.93. The van der Waals surface area contributed by atoms with Gasteiger partial charge >= 0.3 is 0 Å². The summed E-state index contributed by atoms with van der Waals surface area (Å²) >= 11 is 0. The summed E-state index contributed by atoms with van der Waals surface area (Å²) < 4.78 is 0. The topological polar surface area (TPSA) is 41.1 Å². The van der Waals surface area contributed by atoms with Crippen molar-refractivity contribution >= 4 is 5.91 Å². The van der Waals surface area contributed by atoms with Crippen LogP contribution in [0.5, 0.6) is 0 Å². The maximum Gasteiger partial charge on any atom is 0.219 e. The molecular weight excluding hydrogens is 176 g/mol. The number of nitrogens with one attached hydrogen (secondary N) is 2. The molecule has 0 radical (unpaired) electrons. The zero-order valence-electron chi connectivity index (χ0n) is 8.94. The summed E-state index contributed by atoms with van der Waals surface area (Å²) in [6.07, 6.45) is 5.74. The quantitative estimate of drug-likeness (QED) is 0.708. The molecule has 0 unspecified atom stereocenters. The average molecular weight is 196 g/mol. The molecule has 0 aromatic carbocycles. The maximum atomic E-state index is 11.2. The van der Waals surface area contributed by atoms with Crippen LogP contribution >= 0.6 is 0 Å². The van der Waals surface area contributed by atoms with Crippen LogP contribution in [0, 0.1) is 5.41 Å². The van der Waals surface area contributed by atoms with Crippen LogP contribution < -0.4 is 10.6 Å². The molecule has 0 aromatic rings. The second-order valence-electron chi connectivity index (χ2n) is 4.64. The molecule has 80 valence electrons. The second-order valence-corrected chi connectivity index (χ2v) is 4.64. The molecule has 1 heterocycles. The van der Waals surface area contributed by atoms with Crippen LogP contribution in [0.25, 0.3) is 0 Å². The van der Waals surface area contributed by atoms with E-state index in [2.05, 4.69) is 10.6 Å². The summed E-state index contributed by atoms with van der Waals surface area (Å²) in [5.74, 6) is 0.192. The molecule has 2 fully saturated rings. The number of hydrogen-bond acceptors (Lipinski definition) is 2. The molecule has 0 bridgehead atoms. The van der Waals surface area contributed by atoms with Crippen LogP contribution in [0.4, 0.5) is 0 Å². The first-order valence-electron chi connectivity index (χ1n) is 5.77. The van der Waals surface area contributed by atoms with Crippen LogP contribution in [0.1, 0.15) is 39.0 Å². The Balaban J connectivity index is 1.91.